The number of ether oxygens (including phenoxy) is 1. The Morgan fingerprint density at radius 2 is 1.81 bits per heavy atom. The Balaban J connectivity index is 2.00. The maximum atomic E-state index is 12.8. The van der Waals surface area contributed by atoms with Crippen LogP contribution in [0.3, 0.4) is 0 Å². The van der Waals surface area contributed by atoms with Crippen LogP contribution in [0.1, 0.15) is 64.4 Å². The van der Waals surface area contributed by atoms with Crippen molar-refractivity contribution < 1.29 is 9.53 Å². The first kappa shape index (κ1) is 20.3. The van der Waals surface area contributed by atoms with Gasteiger partial charge in [0.05, 0.1) is 6.04 Å². The molecule has 1 saturated heterocycles. The molecule has 1 heterocycles. The van der Waals surface area contributed by atoms with Crippen LogP contribution in [0.4, 0.5) is 4.79 Å². The SMILES string of the molecule is CCC/C=C\C[C@@H]1CC[C@H](/C=C/CCC)N1C(=O)OCc1ccccc1. The Labute approximate surface area is 158 Å². The van der Waals surface area contributed by atoms with Crippen LogP contribution in [0.2, 0.25) is 0 Å². The number of rotatable bonds is 9. The molecule has 0 unspecified atom stereocenters. The molecular weight excluding hydrogens is 322 g/mol. The zero-order valence-electron chi connectivity index (χ0n) is 16.3. The average molecular weight is 356 g/mol. The number of amides is 1. The summed E-state index contributed by atoms with van der Waals surface area (Å²) in [6.07, 6.45) is 16.1. The fourth-order valence-corrected chi connectivity index (χ4v) is 3.37. The minimum atomic E-state index is -0.189. The Bertz CT molecular complexity index is 579. The Kier molecular flexibility index (Phi) is 9.02. The third-order valence-electron chi connectivity index (χ3n) is 4.81. The summed E-state index contributed by atoms with van der Waals surface area (Å²) in [5, 5.41) is 0. The molecule has 0 radical (unpaired) electrons. The van der Waals surface area contributed by atoms with Crippen LogP contribution in [0.5, 0.6) is 0 Å². The topological polar surface area (TPSA) is 29.5 Å². The minimum absolute atomic E-state index is 0.161. The third-order valence-corrected chi connectivity index (χ3v) is 4.81. The van der Waals surface area contributed by atoms with Gasteiger partial charge in [-0.1, -0.05) is 81.3 Å². The van der Waals surface area contributed by atoms with Crippen LogP contribution in [-0.2, 0) is 11.3 Å². The molecule has 0 spiro atoms. The summed E-state index contributed by atoms with van der Waals surface area (Å²) in [7, 11) is 0. The maximum absolute atomic E-state index is 12.8. The molecule has 0 aromatic heterocycles. The van der Waals surface area contributed by atoms with Gasteiger partial charge in [0, 0.05) is 6.04 Å². The highest BCUT2D eigenvalue weighted by Gasteiger charge is 2.35. The van der Waals surface area contributed by atoms with Gasteiger partial charge >= 0.3 is 6.09 Å². The van der Waals surface area contributed by atoms with E-state index in [0.29, 0.717) is 6.61 Å². The smallest absolute Gasteiger partial charge is 0.410 e. The minimum Gasteiger partial charge on any atom is -0.445 e. The number of carbonyl (C=O) groups is 1. The van der Waals surface area contributed by atoms with E-state index in [4.69, 9.17) is 4.74 Å². The van der Waals surface area contributed by atoms with Gasteiger partial charge in [-0.25, -0.2) is 4.79 Å². The third kappa shape index (κ3) is 6.36. The first-order chi connectivity index (χ1) is 12.8. The molecule has 1 amide bonds. The van der Waals surface area contributed by atoms with Crippen LogP contribution in [0.15, 0.2) is 54.6 Å². The highest BCUT2D eigenvalue weighted by Crippen LogP contribution is 2.29. The molecule has 3 heteroatoms. The van der Waals surface area contributed by atoms with Crippen molar-refractivity contribution in [1.82, 2.24) is 4.90 Å². The second-order valence-electron chi connectivity index (χ2n) is 6.96. The molecule has 142 valence electrons. The van der Waals surface area contributed by atoms with Crippen LogP contribution in [0, 0.1) is 0 Å². The van der Waals surface area contributed by atoms with E-state index < -0.39 is 0 Å². The van der Waals surface area contributed by atoms with Gasteiger partial charge in [-0.3, -0.25) is 4.90 Å². The van der Waals surface area contributed by atoms with Crippen LogP contribution in [0.25, 0.3) is 0 Å². The fraction of sp³-hybridized carbons (Fsp3) is 0.522. The summed E-state index contributed by atoms with van der Waals surface area (Å²) in [5.74, 6) is 0. The van der Waals surface area contributed by atoms with Gasteiger partial charge in [-0.05, 0) is 37.7 Å². The molecule has 2 rings (SSSR count). The summed E-state index contributed by atoms with van der Waals surface area (Å²) in [6.45, 7) is 4.69. The number of likely N-dealkylation sites (tertiary alicyclic amines) is 1. The molecule has 0 bridgehead atoms. The molecular formula is C23H33NO2. The van der Waals surface area contributed by atoms with Gasteiger partial charge in [0.25, 0.3) is 0 Å². The van der Waals surface area contributed by atoms with Gasteiger partial charge in [0.1, 0.15) is 6.61 Å². The molecule has 1 aromatic rings. The van der Waals surface area contributed by atoms with Crippen molar-refractivity contribution in [2.24, 2.45) is 0 Å². The zero-order valence-corrected chi connectivity index (χ0v) is 16.3. The average Bonchev–Trinajstić information content (AvgIpc) is 3.07. The predicted octanol–water partition coefficient (Wildman–Crippen LogP) is 6.26. The highest BCUT2D eigenvalue weighted by atomic mass is 16.6. The van der Waals surface area contributed by atoms with Gasteiger partial charge < -0.3 is 4.74 Å². The van der Waals surface area contributed by atoms with Crippen molar-refractivity contribution >= 4 is 6.09 Å². The normalized spacial score (nSPS) is 20.3. The van der Waals surface area contributed by atoms with Gasteiger partial charge in [-0.2, -0.15) is 0 Å². The zero-order chi connectivity index (χ0) is 18.6. The van der Waals surface area contributed by atoms with E-state index in [1.54, 1.807) is 0 Å². The predicted molar refractivity (Wildman–Crippen MR) is 108 cm³/mol. The van der Waals surface area contributed by atoms with Crippen molar-refractivity contribution in [2.75, 3.05) is 0 Å². The monoisotopic (exact) mass is 355 g/mol. The lowest BCUT2D eigenvalue weighted by Gasteiger charge is -2.27. The van der Waals surface area contributed by atoms with E-state index in [9.17, 15) is 4.79 Å². The summed E-state index contributed by atoms with van der Waals surface area (Å²) in [5.41, 5.74) is 1.03. The molecule has 3 nitrogen and oxygen atoms in total. The molecule has 0 aliphatic carbocycles. The number of hydrogen-bond donors (Lipinski definition) is 0. The fourth-order valence-electron chi connectivity index (χ4n) is 3.37. The second kappa shape index (κ2) is 11.6. The molecule has 1 aromatic carbocycles. The number of hydrogen-bond acceptors (Lipinski definition) is 2. The quantitative estimate of drug-likeness (QED) is 0.489. The van der Waals surface area contributed by atoms with Crippen molar-refractivity contribution in [2.45, 2.75) is 77.5 Å². The van der Waals surface area contributed by atoms with Gasteiger partial charge in [0.2, 0.25) is 0 Å². The lowest BCUT2D eigenvalue weighted by Crippen LogP contribution is -2.40. The number of benzene rings is 1. The first-order valence-electron chi connectivity index (χ1n) is 10.1. The highest BCUT2D eigenvalue weighted by molar-refractivity contribution is 5.69. The Morgan fingerprint density at radius 3 is 2.54 bits per heavy atom. The molecule has 1 aliphatic rings. The van der Waals surface area contributed by atoms with Crippen molar-refractivity contribution in [1.29, 1.82) is 0 Å². The van der Waals surface area contributed by atoms with E-state index >= 15 is 0 Å². The summed E-state index contributed by atoms with van der Waals surface area (Å²) in [6, 6.07) is 10.3. The summed E-state index contributed by atoms with van der Waals surface area (Å²) in [4.78, 5) is 14.8. The van der Waals surface area contributed by atoms with Gasteiger partial charge in [-0.15, -0.1) is 0 Å². The summed E-state index contributed by atoms with van der Waals surface area (Å²) >= 11 is 0. The first-order valence-corrected chi connectivity index (χ1v) is 10.1. The van der Waals surface area contributed by atoms with Crippen LogP contribution in [-0.4, -0.2) is 23.1 Å². The summed E-state index contributed by atoms with van der Waals surface area (Å²) < 4.78 is 5.64. The van der Waals surface area contributed by atoms with E-state index in [-0.39, 0.29) is 18.2 Å². The molecule has 1 aliphatic heterocycles. The van der Waals surface area contributed by atoms with Crippen molar-refractivity contribution in [3.63, 3.8) is 0 Å². The van der Waals surface area contributed by atoms with Crippen molar-refractivity contribution in [3.8, 4) is 0 Å². The van der Waals surface area contributed by atoms with E-state index in [1.807, 2.05) is 35.2 Å². The Hall–Kier alpha value is -2.03. The van der Waals surface area contributed by atoms with E-state index in [0.717, 1.165) is 50.5 Å². The molecule has 26 heavy (non-hydrogen) atoms. The lowest BCUT2D eigenvalue weighted by atomic mass is 10.1. The second-order valence-corrected chi connectivity index (χ2v) is 6.96. The molecule has 0 saturated carbocycles. The number of allylic oxidation sites excluding steroid dienone is 2. The Morgan fingerprint density at radius 1 is 1.08 bits per heavy atom. The van der Waals surface area contributed by atoms with E-state index in [1.165, 1.54) is 0 Å². The molecule has 1 fully saturated rings. The van der Waals surface area contributed by atoms with E-state index in [2.05, 4.69) is 38.2 Å². The number of unbranched alkanes of at least 4 members (excludes halogenated alkanes) is 2. The number of carbonyl (C=O) groups excluding carboxylic acids is 1. The van der Waals surface area contributed by atoms with Crippen LogP contribution >= 0.6 is 0 Å². The van der Waals surface area contributed by atoms with Crippen molar-refractivity contribution in [3.05, 3.63) is 60.2 Å². The molecule has 0 N–H and O–H groups in total. The standard InChI is InChI=1S/C23H33NO2/c1-3-5-7-12-16-22-18-17-21(15-9-6-4-2)24(22)23(25)26-19-20-13-10-8-11-14-20/h7-15,21-22H,3-6,16-19H2,1-2H3/b12-7-,15-9+/t21-,22+/m0/s1. The molecule has 2 atom stereocenters. The number of nitrogens with zero attached hydrogens (tertiary/aromatic N) is 1. The van der Waals surface area contributed by atoms with Gasteiger partial charge in [0.15, 0.2) is 0 Å². The largest absolute Gasteiger partial charge is 0.445 e. The maximum Gasteiger partial charge on any atom is 0.410 e. The van der Waals surface area contributed by atoms with Crippen LogP contribution < -0.4 is 0 Å². The lowest BCUT2D eigenvalue weighted by molar-refractivity contribution is 0.0846.